The van der Waals surface area contributed by atoms with Crippen molar-refractivity contribution < 1.29 is 14.7 Å². The fourth-order valence-corrected chi connectivity index (χ4v) is 1.07. The van der Waals surface area contributed by atoms with Crippen LogP contribution in [0.1, 0.15) is 12.8 Å². The summed E-state index contributed by atoms with van der Waals surface area (Å²) in [7, 11) is 0. The van der Waals surface area contributed by atoms with Gasteiger partial charge < -0.3 is 10.0 Å². The van der Waals surface area contributed by atoms with E-state index in [-0.39, 0.29) is 24.9 Å². The lowest BCUT2D eigenvalue weighted by Crippen LogP contribution is -2.36. The van der Waals surface area contributed by atoms with E-state index in [1.165, 1.54) is 4.90 Å². The van der Waals surface area contributed by atoms with Crippen LogP contribution in [0.25, 0.3) is 0 Å². The molecule has 1 aliphatic carbocycles. The molecule has 4 nitrogen and oxygen atoms in total. The lowest BCUT2D eigenvalue weighted by Gasteiger charge is -2.17. The van der Waals surface area contributed by atoms with E-state index >= 15 is 0 Å². The van der Waals surface area contributed by atoms with Gasteiger partial charge in [0.15, 0.2) is 0 Å². The highest BCUT2D eigenvalue weighted by molar-refractivity contribution is 5.84. The Balaban J connectivity index is 2.50. The minimum absolute atomic E-state index is 0.0210. The molecule has 1 aliphatic rings. The summed E-state index contributed by atoms with van der Waals surface area (Å²) in [5.41, 5.74) is 0. The van der Waals surface area contributed by atoms with Crippen LogP contribution in [0.5, 0.6) is 0 Å². The number of carbonyl (C=O) groups is 2. The van der Waals surface area contributed by atoms with Crippen LogP contribution in [0.4, 0.5) is 0 Å². The van der Waals surface area contributed by atoms with Gasteiger partial charge in [0.25, 0.3) is 0 Å². The highest BCUT2D eigenvalue weighted by Crippen LogP contribution is 2.30. The van der Waals surface area contributed by atoms with Crippen molar-refractivity contribution >= 4 is 11.9 Å². The number of aliphatic carboxylic acids is 1. The van der Waals surface area contributed by atoms with Crippen LogP contribution >= 0.6 is 0 Å². The van der Waals surface area contributed by atoms with E-state index in [1.807, 2.05) is 0 Å². The molecule has 0 unspecified atom stereocenters. The first-order valence-electron chi connectivity index (χ1n) is 4.09. The minimum Gasteiger partial charge on any atom is -0.480 e. The third-order valence-electron chi connectivity index (χ3n) is 1.85. The van der Waals surface area contributed by atoms with Crippen molar-refractivity contribution in [3.63, 3.8) is 0 Å². The minimum atomic E-state index is -1.02. The number of hydrogen-bond acceptors (Lipinski definition) is 2. The quantitative estimate of drug-likeness (QED) is 0.618. The van der Waals surface area contributed by atoms with Crippen LogP contribution < -0.4 is 0 Å². The molecule has 0 saturated heterocycles. The Kier molecular flexibility index (Phi) is 2.91. The molecule has 1 N–H and O–H groups in total. The van der Waals surface area contributed by atoms with Crippen LogP contribution in [-0.4, -0.2) is 35.0 Å². The highest BCUT2D eigenvalue weighted by atomic mass is 16.4. The van der Waals surface area contributed by atoms with Crippen molar-refractivity contribution in [2.45, 2.75) is 12.8 Å². The van der Waals surface area contributed by atoms with Crippen molar-refractivity contribution in [2.75, 3.05) is 13.1 Å². The van der Waals surface area contributed by atoms with Gasteiger partial charge in [-0.1, -0.05) is 5.92 Å². The Morgan fingerprint density at radius 2 is 2.15 bits per heavy atom. The number of hydrogen-bond donors (Lipinski definition) is 1. The summed E-state index contributed by atoms with van der Waals surface area (Å²) in [5.74, 6) is 1.15. The zero-order valence-corrected chi connectivity index (χ0v) is 7.19. The van der Waals surface area contributed by atoms with Gasteiger partial charge in [-0.15, -0.1) is 6.42 Å². The molecule has 70 valence electrons. The molecule has 1 saturated carbocycles. The Labute approximate surface area is 76.5 Å². The van der Waals surface area contributed by atoms with Gasteiger partial charge in [0.1, 0.15) is 6.54 Å². The number of carboxylic acids is 1. The van der Waals surface area contributed by atoms with Crippen LogP contribution in [0.2, 0.25) is 0 Å². The predicted molar refractivity (Wildman–Crippen MR) is 45.8 cm³/mol. The molecule has 0 bridgehead atoms. The summed E-state index contributed by atoms with van der Waals surface area (Å²) in [4.78, 5) is 23.0. The second kappa shape index (κ2) is 3.94. The maximum atomic E-state index is 11.4. The maximum absolute atomic E-state index is 11.4. The molecule has 0 aliphatic heterocycles. The van der Waals surface area contributed by atoms with Gasteiger partial charge in [0.05, 0.1) is 6.54 Å². The number of rotatable bonds is 4. The van der Waals surface area contributed by atoms with Crippen molar-refractivity contribution in [3.05, 3.63) is 0 Å². The van der Waals surface area contributed by atoms with E-state index in [1.54, 1.807) is 0 Å². The molecular weight excluding hydrogens is 170 g/mol. The van der Waals surface area contributed by atoms with Crippen LogP contribution in [0, 0.1) is 18.3 Å². The van der Waals surface area contributed by atoms with E-state index in [9.17, 15) is 9.59 Å². The van der Waals surface area contributed by atoms with Gasteiger partial charge in [-0.05, 0) is 12.8 Å². The summed E-state index contributed by atoms with van der Waals surface area (Å²) >= 11 is 0. The fourth-order valence-electron chi connectivity index (χ4n) is 1.07. The summed E-state index contributed by atoms with van der Waals surface area (Å²) < 4.78 is 0. The van der Waals surface area contributed by atoms with Crippen LogP contribution in [-0.2, 0) is 9.59 Å². The molecule has 0 aromatic rings. The van der Waals surface area contributed by atoms with Crippen molar-refractivity contribution in [1.29, 1.82) is 0 Å². The number of carboxylic acid groups (broad SMARTS) is 1. The van der Waals surface area contributed by atoms with E-state index in [0.29, 0.717) is 0 Å². The van der Waals surface area contributed by atoms with Gasteiger partial charge in [-0.3, -0.25) is 9.59 Å². The molecule has 0 spiro atoms. The molecule has 13 heavy (non-hydrogen) atoms. The van der Waals surface area contributed by atoms with Gasteiger partial charge in [0.2, 0.25) is 5.91 Å². The smallest absolute Gasteiger partial charge is 0.323 e. The summed E-state index contributed by atoms with van der Waals surface area (Å²) in [6.07, 6.45) is 6.75. The Bertz CT molecular complexity index is 263. The Hall–Kier alpha value is -1.50. The molecule has 0 radical (unpaired) electrons. The predicted octanol–water partition coefficient (Wildman–Crippen LogP) is -0.0572. The van der Waals surface area contributed by atoms with E-state index in [0.717, 1.165) is 12.8 Å². The molecule has 1 fully saturated rings. The molecule has 4 heteroatoms. The lowest BCUT2D eigenvalue weighted by molar-refractivity contribution is -0.144. The number of carbonyl (C=O) groups excluding carboxylic acids is 1. The molecular formula is C9H11NO3. The first-order valence-corrected chi connectivity index (χ1v) is 4.09. The van der Waals surface area contributed by atoms with Gasteiger partial charge in [-0.2, -0.15) is 0 Å². The highest BCUT2D eigenvalue weighted by Gasteiger charge is 2.33. The molecule has 1 amide bonds. The average Bonchev–Trinajstić information content (AvgIpc) is 2.84. The van der Waals surface area contributed by atoms with Crippen molar-refractivity contribution in [3.8, 4) is 12.3 Å². The second-order valence-corrected chi connectivity index (χ2v) is 3.07. The first kappa shape index (κ1) is 9.59. The van der Waals surface area contributed by atoms with Crippen LogP contribution in [0.3, 0.4) is 0 Å². The van der Waals surface area contributed by atoms with E-state index < -0.39 is 5.97 Å². The lowest BCUT2D eigenvalue weighted by atomic mass is 10.3. The number of amides is 1. The normalized spacial score (nSPS) is 14.7. The van der Waals surface area contributed by atoms with Crippen molar-refractivity contribution in [2.24, 2.45) is 5.92 Å². The summed E-state index contributed by atoms with van der Waals surface area (Å²) in [6.45, 7) is -0.207. The number of terminal acetylenes is 1. The molecule has 1 rings (SSSR count). The van der Waals surface area contributed by atoms with Crippen LogP contribution in [0.15, 0.2) is 0 Å². The zero-order chi connectivity index (χ0) is 9.84. The summed E-state index contributed by atoms with van der Waals surface area (Å²) in [5, 5.41) is 8.50. The first-order chi connectivity index (χ1) is 6.15. The molecule has 0 aromatic carbocycles. The van der Waals surface area contributed by atoms with Gasteiger partial charge in [-0.25, -0.2) is 0 Å². The zero-order valence-electron chi connectivity index (χ0n) is 7.19. The van der Waals surface area contributed by atoms with Gasteiger partial charge >= 0.3 is 5.97 Å². The largest absolute Gasteiger partial charge is 0.480 e. The second-order valence-electron chi connectivity index (χ2n) is 3.07. The maximum Gasteiger partial charge on any atom is 0.323 e. The average molecular weight is 181 g/mol. The third-order valence-corrected chi connectivity index (χ3v) is 1.85. The summed E-state index contributed by atoms with van der Waals surface area (Å²) in [6, 6.07) is 0. The fraction of sp³-hybridized carbons (Fsp3) is 0.556. The Morgan fingerprint density at radius 3 is 2.54 bits per heavy atom. The molecule has 0 heterocycles. The van der Waals surface area contributed by atoms with Crippen molar-refractivity contribution in [1.82, 2.24) is 4.90 Å². The van der Waals surface area contributed by atoms with Gasteiger partial charge in [0, 0.05) is 5.92 Å². The number of nitrogens with zero attached hydrogens (tertiary/aromatic N) is 1. The molecule has 0 atom stereocenters. The van der Waals surface area contributed by atoms with E-state index in [4.69, 9.17) is 11.5 Å². The molecule has 0 aromatic heterocycles. The van der Waals surface area contributed by atoms with E-state index in [2.05, 4.69) is 5.92 Å². The monoisotopic (exact) mass is 181 g/mol. The SMILES string of the molecule is C#CCN(CC(=O)O)C(=O)C1CC1. The third kappa shape index (κ3) is 2.79. The topological polar surface area (TPSA) is 57.6 Å². The Morgan fingerprint density at radius 1 is 1.54 bits per heavy atom. The standard InChI is InChI=1S/C9H11NO3/c1-2-5-10(6-8(11)12)9(13)7-3-4-7/h1,7H,3-6H2,(H,11,12).